The molecular formula is C68H46N4OPt. The normalized spacial score (nSPS) is 16.3. The Morgan fingerprint density at radius 1 is 0.311 bits per heavy atom. The molecule has 7 aliphatic rings. The maximum absolute atomic E-state index is 6.91. The van der Waals surface area contributed by atoms with Crippen LogP contribution in [0.5, 0.6) is 11.5 Å². The average molecular weight is 1130 g/mol. The number of fused-ring (bicyclic) bond motifs is 18. The predicted octanol–water partition coefficient (Wildman–Crippen LogP) is 17.2. The molecule has 0 spiro atoms. The van der Waals surface area contributed by atoms with E-state index < -0.39 is 17.6 Å². The van der Waals surface area contributed by atoms with Crippen LogP contribution in [0.2, 0.25) is 0 Å². The first-order chi connectivity index (χ1) is 36.2. The van der Waals surface area contributed by atoms with Crippen LogP contribution in [0.3, 0.4) is 0 Å². The van der Waals surface area contributed by atoms with Crippen molar-refractivity contribution in [3.05, 3.63) is 229 Å². The molecule has 16 bridgehead atoms. The zero-order valence-electron chi connectivity index (χ0n) is 41.1. The van der Waals surface area contributed by atoms with Crippen LogP contribution in [-0.4, -0.2) is 8.29 Å². The van der Waals surface area contributed by atoms with Crippen molar-refractivity contribution in [1.29, 1.82) is 0 Å². The van der Waals surface area contributed by atoms with Crippen molar-refractivity contribution in [3.63, 3.8) is 0 Å². The molecule has 5 nitrogen and oxygen atoms in total. The van der Waals surface area contributed by atoms with Gasteiger partial charge in [-0.3, -0.25) is 0 Å². The van der Waals surface area contributed by atoms with E-state index in [2.05, 4.69) is 254 Å². The van der Waals surface area contributed by atoms with E-state index in [1.807, 2.05) is 0 Å². The van der Waals surface area contributed by atoms with E-state index in [1.54, 1.807) is 0 Å². The second kappa shape index (κ2) is 14.2. The summed E-state index contributed by atoms with van der Waals surface area (Å²) in [7, 11) is 0. The van der Waals surface area contributed by atoms with E-state index in [1.165, 1.54) is 109 Å². The molecule has 5 heterocycles. The van der Waals surface area contributed by atoms with Crippen LogP contribution >= 0.6 is 0 Å². The summed E-state index contributed by atoms with van der Waals surface area (Å²) in [5.41, 5.74) is 28.9. The van der Waals surface area contributed by atoms with Crippen LogP contribution in [0.25, 0.3) is 66.8 Å². The van der Waals surface area contributed by atoms with Crippen molar-refractivity contribution in [2.45, 2.75) is 38.5 Å². The molecule has 0 saturated heterocycles. The monoisotopic (exact) mass is 1130 g/mol. The molecular weight excluding hydrogens is 1080 g/mol. The summed E-state index contributed by atoms with van der Waals surface area (Å²) in [5.74, 6) is 1.59. The standard InChI is InChI=1S/C68H46N4O.Pt/c1-67(2)57-29-25-41-33-53(57)54-34-42(26-30-58(54)67)50-18-12-20-52-44-28-32-60-56(36-44)55-35-43(27-31-59(55)68(60,3)4)51-19-11-17-49(41)65(51)71-39-69(61-21-5-7-23-63(61)71)45-13-9-15-47(37-45)73-48-16-10-14-46(38-48)70-40-72(66(50)52)64-24-8-6-22-62(64)70;/h5-38H,1-4H3;. The topological polar surface area (TPSA) is 22.2 Å². The Kier molecular flexibility index (Phi) is 7.91. The SMILES string of the molecule is CC1(C)c2ccc3cc2-c2cc(ccc21)-c1cccc2c1N1[C]4=[Pt]=[C]5N(c6cccc(c6)Oc6cccc(c6)N4c4ccccc41)c1ccccc1N5c1c-3cccc1-c1ccc3c(c1)-c1cc-2ccc1C3(C)C. The zero-order chi connectivity index (χ0) is 48.9. The van der Waals surface area contributed by atoms with Crippen LogP contribution in [0.1, 0.15) is 49.9 Å². The van der Waals surface area contributed by atoms with Gasteiger partial charge >= 0.3 is 441 Å². The van der Waals surface area contributed by atoms with Gasteiger partial charge in [0.05, 0.1) is 0 Å². The van der Waals surface area contributed by atoms with Gasteiger partial charge in [0.25, 0.3) is 0 Å². The second-order valence-corrected chi connectivity index (χ2v) is 24.3. The number of anilines is 8. The zero-order valence-corrected chi connectivity index (χ0v) is 43.4. The van der Waals surface area contributed by atoms with Gasteiger partial charge in [0.15, 0.2) is 0 Å². The van der Waals surface area contributed by atoms with Gasteiger partial charge in [-0.2, -0.15) is 0 Å². The third-order valence-corrected chi connectivity index (χ3v) is 20.1. The van der Waals surface area contributed by atoms with Gasteiger partial charge in [0.1, 0.15) is 0 Å². The van der Waals surface area contributed by atoms with Crippen molar-refractivity contribution in [2.24, 2.45) is 0 Å². The molecule has 0 aromatic heterocycles. The molecule has 17 rings (SSSR count). The van der Waals surface area contributed by atoms with Crippen LogP contribution in [0, 0.1) is 0 Å². The molecule has 0 atom stereocenters. The first-order valence-electron chi connectivity index (χ1n) is 25.6. The molecule has 0 radical (unpaired) electrons. The second-order valence-electron chi connectivity index (χ2n) is 21.7. The Labute approximate surface area is 438 Å². The number of hydrogen-bond acceptors (Lipinski definition) is 5. The van der Waals surface area contributed by atoms with Crippen molar-refractivity contribution < 1.29 is 22.4 Å². The molecule has 354 valence electrons. The molecule has 5 aliphatic heterocycles. The van der Waals surface area contributed by atoms with Crippen molar-refractivity contribution in [1.82, 2.24) is 0 Å². The van der Waals surface area contributed by atoms with E-state index in [0.717, 1.165) is 45.6 Å². The summed E-state index contributed by atoms with van der Waals surface area (Å²) >= 11 is -1.18. The molecule has 74 heavy (non-hydrogen) atoms. The quantitative estimate of drug-likeness (QED) is 0.150. The Balaban J connectivity index is 1.15. The summed E-state index contributed by atoms with van der Waals surface area (Å²) in [6.07, 6.45) is 0. The first kappa shape index (κ1) is 41.1. The number of hydrogen-bond donors (Lipinski definition) is 0. The summed E-state index contributed by atoms with van der Waals surface area (Å²) in [4.78, 5) is 10.5. The molecule has 0 saturated carbocycles. The number of para-hydroxylation sites is 6. The Morgan fingerprint density at radius 2 is 0.635 bits per heavy atom. The number of rotatable bonds is 0. The molecule has 0 unspecified atom stereocenters. The molecule has 10 aromatic carbocycles. The van der Waals surface area contributed by atoms with Gasteiger partial charge in [0, 0.05) is 0 Å². The van der Waals surface area contributed by atoms with Gasteiger partial charge in [-0.15, -0.1) is 0 Å². The summed E-state index contributed by atoms with van der Waals surface area (Å²) < 4.78 is 9.37. The van der Waals surface area contributed by atoms with E-state index in [9.17, 15) is 0 Å². The third-order valence-electron chi connectivity index (χ3n) is 17.1. The van der Waals surface area contributed by atoms with Crippen LogP contribution in [0.15, 0.2) is 206 Å². The van der Waals surface area contributed by atoms with E-state index >= 15 is 0 Å². The fourth-order valence-electron chi connectivity index (χ4n) is 13.6. The fraction of sp³-hybridized carbons (Fsp3) is 0.0882. The predicted molar refractivity (Wildman–Crippen MR) is 301 cm³/mol. The van der Waals surface area contributed by atoms with E-state index in [-0.39, 0.29) is 10.8 Å². The number of ether oxygens (including phenoxy) is 1. The van der Waals surface area contributed by atoms with Crippen LogP contribution in [0.4, 0.5) is 45.5 Å². The Hall–Kier alpha value is -8.37. The Bertz CT molecular complexity index is 3910. The number of nitrogens with zero attached hydrogens (tertiary/aromatic N) is 4. The van der Waals surface area contributed by atoms with Gasteiger partial charge in [-0.25, -0.2) is 0 Å². The van der Waals surface area contributed by atoms with E-state index in [0.29, 0.717) is 0 Å². The molecule has 0 N–H and O–H groups in total. The van der Waals surface area contributed by atoms with Gasteiger partial charge in [-0.05, 0) is 0 Å². The summed E-state index contributed by atoms with van der Waals surface area (Å²) in [6, 6.07) is 79.0. The van der Waals surface area contributed by atoms with Crippen molar-refractivity contribution in [3.8, 4) is 78.3 Å². The fourth-order valence-corrected chi connectivity index (χ4v) is 17.2. The Morgan fingerprint density at radius 3 is 0.986 bits per heavy atom. The maximum atomic E-state index is 6.91. The van der Waals surface area contributed by atoms with Crippen molar-refractivity contribution >= 4 is 53.8 Å². The minimum absolute atomic E-state index is 0.188. The summed E-state index contributed by atoms with van der Waals surface area (Å²) in [5, 5.41) is 0. The van der Waals surface area contributed by atoms with Crippen LogP contribution < -0.4 is 24.3 Å². The molecule has 10 aromatic rings. The van der Waals surface area contributed by atoms with Gasteiger partial charge in [-0.1, -0.05) is 0 Å². The minimum atomic E-state index is -1.18. The average Bonchev–Trinajstić information content (AvgIpc) is 4.08. The molecule has 2 aliphatic carbocycles. The first-order valence-corrected chi connectivity index (χ1v) is 27.9. The molecule has 6 heteroatoms. The van der Waals surface area contributed by atoms with Crippen molar-refractivity contribution in [2.75, 3.05) is 19.6 Å². The van der Waals surface area contributed by atoms with E-state index in [4.69, 9.17) is 4.74 Å². The van der Waals surface area contributed by atoms with Crippen LogP contribution in [-0.2, 0) is 28.5 Å². The third kappa shape index (κ3) is 5.27. The van der Waals surface area contributed by atoms with Gasteiger partial charge < -0.3 is 0 Å². The molecule has 0 fully saturated rings. The number of benzene rings is 10. The molecule has 0 amide bonds. The van der Waals surface area contributed by atoms with Gasteiger partial charge in [0.2, 0.25) is 0 Å². The summed E-state index contributed by atoms with van der Waals surface area (Å²) in [6.45, 7) is 9.60.